The van der Waals surface area contributed by atoms with Crippen LogP contribution in [-0.4, -0.2) is 29.4 Å². The van der Waals surface area contributed by atoms with Crippen LogP contribution in [0.15, 0.2) is 54.6 Å². The van der Waals surface area contributed by atoms with Crippen LogP contribution in [0.25, 0.3) is 0 Å². The standard InChI is InChI=1S/C20H23N3O2/c1-2-23(14-15-7-4-3-5-8-15)20(25)22-18-10-6-9-16(13-18)19(24)21-17-11-12-17/h3-10,13,17H,2,11-12,14H2,1H3,(H,21,24)(H,22,25). The van der Waals surface area contributed by atoms with Crippen molar-refractivity contribution in [1.82, 2.24) is 10.2 Å². The van der Waals surface area contributed by atoms with E-state index in [0.717, 1.165) is 18.4 Å². The van der Waals surface area contributed by atoms with Gasteiger partial charge in [0.05, 0.1) is 0 Å². The Morgan fingerprint density at radius 2 is 1.84 bits per heavy atom. The Bertz CT molecular complexity index is 742. The fourth-order valence-electron chi connectivity index (χ4n) is 2.57. The number of amides is 3. The second-order valence-electron chi connectivity index (χ2n) is 6.26. The molecule has 1 aliphatic rings. The lowest BCUT2D eigenvalue weighted by molar-refractivity contribution is 0.0951. The Morgan fingerprint density at radius 3 is 2.52 bits per heavy atom. The number of nitrogens with zero attached hydrogens (tertiary/aromatic N) is 1. The van der Waals surface area contributed by atoms with E-state index in [1.54, 1.807) is 29.2 Å². The zero-order valence-electron chi connectivity index (χ0n) is 14.4. The van der Waals surface area contributed by atoms with Crippen molar-refractivity contribution in [3.05, 3.63) is 65.7 Å². The van der Waals surface area contributed by atoms with Crippen LogP contribution in [0.5, 0.6) is 0 Å². The zero-order valence-corrected chi connectivity index (χ0v) is 14.4. The molecule has 2 N–H and O–H groups in total. The van der Waals surface area contributed by atoms with Crippen LogP contribution in [0, 0.1) is 0 Å². The first-order valence-corrected chi connectivity index (χ1v) is 8.66. The summed E-state index contributed by atoms with van der Waals surface area (Å²) in [5, 5.41) is 5.84. The van der Waals surface area contributed by atoms with E-state index in [1.165, 1.54) is 0 Å². The van der Waals surface area contributed by atoms with Crippen molar-refractivity contribution in [2.75, 3.05) is 11.9 Å². The number of carbonyl (C=O) groups is 2. The Balaban J connectivity index is 1.63. The average molecular weight is 337 g/mol. The fourth-order valence-corrected chi connectivity index (χ4v) is 2.57. The molecule has 1 saturated carbocycles. The van der Waals surface area contributed by atoms with Gasteiger partial charge >= 0.3 is 6.03 Å². The minimum atomic E-state index is -0.175. The molecule has 0 bridgehead atoms. The molecule has 1 fully saturated rings. The molecule has 0 heterocycles. The van der Waals surface area contributed by atoms with Crippen LogP contribution < -0.4 is 10.6 Å². The summed E-state index contributed by atoms with van der Waals surface area (Å²) in [6, 6.07) is 17.1. The second-order valence-corrected chi connectivity index (χ2v) is 6.26. The van der Waals surface area contributed by atoms with Gasteiger partial charge in [-0.15, -0.1) is 0 Å². The third kappa shape index (κ3) is 4.83. The van der Waals surface area contributed by atoms with E-state index in [2.05, 4.69) is 10.6 Å². The lowest BCUT2D eigenvalue weighted by atomic mass is 10.2. The van der Waals surface area contributed by atoms with Crippen LogP contribution in [0.4, 0.5) is 10.5 Å². The molecule has 2 aromatic rings. The molecule has 0 saturated heterocycles. The highest BCUT2D eigenvalue weighted by Crippen LogP contribution is 2.20. The van der Waals surface area contributed by atoms with E-state index in [-0.39, 0.29) is 11.9 Å². The third-order valence-electron chi connectivity index (χ3n) is 4.17. The highest BCUT2D eigenvalue weighted by atomic mass is 16.2. The monoisotopic (exact) mass is 337 g/mol. The number of rotatable bonds is 6. The van der Waals surface area contributed by atoms with E-state index >= 15 is 0 Å². The van der Waals surface area contributed by atoms with Gasteiger partial charge in [-0.05, 0) is 43.5 Å². The van der Waals surface area contributed by atoms with Gasteiger partial charge in [0.25, 0.3) is 5.91 Å². The fraction of sp³-hybridized carbons (Fsp3) is 0.300. The van der Waals surface area contributed by atoms with Gasteiger partial charge in [0.15, 0.2) is 0 Å². The Labute approximate surface area is 148 Å². The number of nitrogens with one attached hydrogen (secondary N) is 2. The number of anilines is 1. The van der Waals surface area contributed by atoms with Gasteiger partial charge in [-0.1, -0.05) is 36.4 Å². The smallest absolute Gasteiger partial charge is 0.322 e. The summed E-state index contributed by atoms with van der Waals surface area (Å²) in [5.41, 5.74) is 2.27. The molecule has 3 amide bonds. The molecule has 0 aliphatic heterocycles. The maximum absolute atomic E-state index is 12.5. The molecule has 25 heavy (non-hydrogen) atoms. The lowest BCUT2D eigenvalue weighted by Crippen LogP contribution is -2.34. The number of carbonyl (C=O) groups excluding carboxylic acids is 2. The van der Waals surface area contributed by atoms with Gasteiger partial charge in [0.2, 0.25) is 0 Å². The van der Waals surface area contributed by atoms with Crippen LogP contribution in [0.3, 0.4) is 0 Å². The van der Waals surface area contributed by atoms with Crippen LogP contribution in [0.1, 0.15) is 35.7 Å². The van der Waals surface area contributed by atoms with Crippen molar-refractivity contribution in [2.24, 2.45) is 0 Å². The van der Waals surface area contributed by atoms with Gasteiger partial charge < -0.3 is 15.5 Å². The summed E-state index contributed by atoms with van der Waals surface area (Å²) in [4.78, 5) is 26.4. The predicted molar refractivity (Wildman–Crippen MR) is 98.5 cm³/mol. The van der Waals surface area contributed by atoms with Gasteiger partial charge in [0, 0.05) is 30.4 Å². The summed E-state index contributed by atoms with van der Waals surface area (Å²) in [6.07, 6.45) is 2.10. The molecule has 5 nitrogen and oxygen atoms in total. The van der Waals surface area contributed by atoms with E-state index in [9.17, 15) is 9.59 Å². The molecular formula is C20H23N3O2. The average Bonchev–Trinajstić information content (AvgIpc) is 3.44. The summed E-state index contributed by atoms with van der Waals surface area (Å²) in [6.45, 7) is 3.09. The minimum Gasteiger partial charge on any atom is -0.349 e. The topological polar surface area (TPSA) is 61.4 Å². The van der Waals surface area contributed by atoms with E-state index in [4.69, 9.17) is 0 Å². The van der Waals surface area contributed by atoms with Crippen molar-refractivity contribution in [1.29, 1.82) is 0 Å². The van der Waals surface area contributed by atoms with Gasteiger partial charge in [0.1, 0.15) is 0 Å². The molecular weight excluding hydrogens is 314 g/mol. The molecule has 1 aliphatic carbocycles. The van der Waals surface area contributed by atoms with Crippen molar-refractivity contribution >= 4 is 17.6 Å². The largest absolute Gasteiger partial charge is 0.349 e. The molecule has 0 radical (unpaired) electrons. The van der Waals surface area contributed by atoms with Crippen molar-refractivity contribution in [3.63, 3.8) is 0 Å². The molecule has 0 unspecified atom stereocenters. The molecule has 130 valence electrons. The van der Waals surface area contributed by atoms with Crippen LogP contribution in [0.2, 0.25) is 0 Å². The number of hydrogen-bond acceptors (Lipinski definition) is 2. The SMILES string of the molecule is CCN(Cc1ccccc1)C(=O)Nc1cccc(C(=O)NC2CC2)c1. The summed E-state index contributed by atoms with van der Waals surface area (Å²) in [5.74, 6) is -0.0877. The zero-order chi connectivity index (χ0) is 17.6. The maximum atomic E-state index is 12.5. The van der Waals surface area contributed by atoms with Crippen molar-refractivity contribution in [3.8, 4) is 0 Å². The quantitative estimate of drug-likeness (QED) is 0.845. The first kappa shape index (κ1) is 17.0. The molecule has 0 spiro atoms. The lowest BCUT2D eigenvalue weighted by Gasteiger charge is -2.21. The Hall–Kier alpha value is -2.82. The van der Waals surface area contributed by atoms with Crippen molar-refractivity contribution in [2.45, 2.75) is 32.4 Å². The predicted octanol–water partition coefficient (Wildman–Crippen LogP) is 3.63. The molecule has 3 rings (SSSR count). The number of hydrogen-bond donors (Lipinski definition) is 2. The molecule has 0 aromatic heterocycles. The highest BCUT2D eigenvalue weighted by molar-refractivity contribution is 5.97. The Morgan fingerprint density at radius 1 is 1.08 bits per heavy atom. The third-order valence-corrected chi connectivity index (χ3v) is 4.17. The van der Waals surface area contributed by atoms with Gasteiger partial charge in [-0.25, -0.2) is 4.79 Å². The van der Waals surface area contributed by atoms with Crippen LogP contribution in [-0.2, 0) is 6.54 Å². The Kier molecular flexibility index (Phi) is 5.33. The van der Waals surface area contributed by atoms with E-state index in [0.29, 0.717) is 30.4 Å². The first-order valence-electron chi connectivity index (χ1n) is 8.66. The van der Waals surface area contributed by atoms with E-state index in [1.807, 2.05) is 37.3 Å². The molecule has 0 atom stereocenters. The summed E-state index contributed by atoms with van der Waals surface area (Å²) < 4.78 is 0. The van der Waals surface area contributed by atoms with Gasteiger partial charge in [-0.3, -0.25) is 4.79 Å². The molecule has 5 heteroatoms. The number of benzene rings is 2. The van der Waals surface area contributed by atoms with Gasteiger partial charge in [-0.2, -0.15) is 0 Å². The summed E-state index contributed by atoms with van der Waals surface area (Å²) in [7, 11) is 0. The minimum absolute atomic E-state index is 0.0877. The van der Waals surface area contributed by atoms with Crippen LogP contribution >= 0.6 is 0 Å². The van der Waals surface area contributed by atoms with E-state index < -0.39 is 0 Å². The highest BCUT2D eigenvalue weighted by Gasteiger charge is 2.23. The second kappa shape index (κ2) is 7.83. The number of urea groups is 1. The first-order chi connectivity index (χ1) is 12.2. The normalized spacial score (nSPS) is 13.2. The summed E-state index contributed by atoms with van der Waals surface area (Å²) >= 11 is 0. The maximum Gasteiger partial charge on any atom is 0.322 e. The van der Waals surface area contributed by atoms with Crippen molar-refractivity contribution < 1.29 is 9.59 Å². The molecule has 2 aromatic carbocycles.